The number of hydrogen-bond acceptors (Lipinski definition) is 14. The Balaban J connectivity index is 1.74. The molecular formula is C59H100O14. The van der Waals surface area contributed by atoms with Crippen LogP contribution < -0.4 is 0 Å². The van der Waals surface area contributed by atoms with Crippen molar-refractivity contribution in [1.29, 1.82) is 0 Å². The molecule has 0 aromatic rings. The molecule has 2 aliphatic rings. The van der Waals surface area contributed by atoms with E-state index >= 15 is 0 Å². The molecule has 11 atom stereocenters. The zero-order valence-electron chi connectivity index (χ0n) is 44.8. The monoisotopic (exact) mass is 1030 g/mol. The van der Waals surface area contributed by atoms with Crippen LogP contribution >= 0.6 is 0 Å². The van der Waals surface area contributed by atoms with Gasteiger partial charge >= 0.3 is 5.97 Å². The molecule has 7 N–H and O–H groups in total. The fourth-order valence-corrected chi connectivity index (χ4v) is 8.34. The van der Waals surface area contributed by atoms with E-state index in [4.69, 9.17) is 28.4 Å². The van der Waals surface area contributed by atoms with E-state index in [0.717, 1.165) is 89.9 Å². The van der Waals surface area contributed by atoms with E-state index in [0.29, 0.717) is 13.0 Å². The standard InChI is InChI=1S/C59H100O14/c1-3-5-7-9-11-13-15-17-19-21-22-23-24-25-26-27-28-30-32-34-36-38-40-42-51(61)71-48(45-68-43-41-39-37-35-33-31-29-20-18-16-14-12-10-8-6-4-2)46-69-58-57(67)55(65)53(63)50(73-58)47-70-59-56(66)54(64)52(62)49(44-60)72-59/h6,8,12,14-15,17-18,20-22,24-25,31,33,48-50,52-60,62-67H,3-5,7,9-11,13,16,19,23,26-30,32,34-47H2,1-2H3/b8-6-,14-12-,17-15-,20-18-,22-21-,25-24-,33-31-. The van der Waals surface area contributed by atoms with Crippen molar-refractivity contribution < 1.29 is 69.0 Å². The number of allylic oxidation sites excluding steroid dienone is 14. The molecule has 0 radical (unpaired) electrons. The first-order chi connectivity index (χ1) is 35.6. The molecule has 14 heteroatoms. The lowest BCUT2D eigenvalue weighted by molar-refractivity contribution is -0.332. The normalized spacial score (nSPS) is 25.6. The Morgan fingerprint density at radius 2 is 0.890 bits per heavy atom. The first kappa shape index (κ1) is 66.3. The molecule has 2 saturated heterocycles. The number of aliphatic hydroxyl groups is 7. The van der Waals surface area contributed by atoms with Gasteiger partial charge in [0.15, 0.2) is 12.6 Å². The van der Waals surface area contributed by atoms with Gasteiger partial charge in [-0.1, -0.05) is 170 Å². The summed E-state index contributed by atoms with van der Waals surface area (Å²) < 4.78 is 34.3. The van der Waals surface area contributed by atoms with Crippen molar-refractivity contribution >= 4 is 5.97 Å². The second-order valence-corrected chi connectivity index (χ2v) is 19.4. The van der Waals surface area contributed by atoms with Crippen molar-refractivity contribution in [2.75, 3.05) is 33.0 Å². The highest BCUT2D eigenvalue weighted by atomic mass is 16.7. The maximum atomic E-state index is 13.1. The molecule has 0 spiro atoms. The molecule has 0 amide bonds. The van der Waals surface area contributed by atoms with Crippen LogP contribution in [0.2, 0.25) is 0 Å². The van der Waals surface area contributed by atoms with Crippen molar-refractivity contribution in [1.82, 2.24) is 0 Å². The number of carbonyl (C=O) groups excluding carboxylic acids is 1. The molecule has 0 bridgehead atoms. The van der Waals surface area contributed by atoms with E-state index in [1.165, 1.54) is 64.2 Å². The summed E-state index contributed by atoms with van der Waals surface area (Å²) in [5.74, 6) is -0.398. The molecule has 0 aromatic heterocycles. The third kappa shape index (κ3) is 32.4. The van der Waals surface area contributed by atoms with Crippen LogP contribution in [-0.4, -0.2) is 142 Å². The average molecular weight is 1030 g/mol. The first-order valence-corrected chi connectivity index (χ1v) is 28.2. The lowest BCUT2D eigenvalue weighted by Crippen LogP contribution is -2.61. The maximum Gasteiger partial charge on any atom is 0.306 e. The number of rotatable bonds is 44. The van der Waals surface area contributed by atoms with Crippen molar-refractivity contribution in [2.45, 2.75) is 248 Å². The molecular weight excluding hydrogens is 933 g/mol. The fraction of sp³-hybridized carbons (Fsp3) is 0.746. The van der Waals surface area contributed by atoms with Crippen molar-refractivity contribution in [3.8, 4) is 0 Å². The third-order valence-corrected chi connectivity index (χ3v) is 12.9. The van der Waals surface area contributed by atoms with E-state index in [9.17, 15) is 40.5 Å². The van der Waals surface area contributed by atoms with Crippen molar-refractivity contribution in [2.24, 2.45) is 0 Å². The smallest absolute Gasteiger partial charge is 0.306 e. The second kappa shape index (κ2) is 45.4. The summed E-state index contributed by atoms with van der Waals surface area (Å²) in [6.07, 6.45) is 42.1. The van der Waals surface area contributed by atoms with E-state index in [1.807, 2.05) is 0 Å². The number of hydrogen-bond donors (Lipinski definition) is 7. The molecule has 420 valence electrons. The van der Waals surface area contributed by atoms with Crippen LogP contribution in [0, 0.1) is 0 Å². The van der Waals surface area contributed by atoms with Crippen LogP contribution in [0.1, 0.15) is 181 Å². The highest BCUT2D eigenvalue weighted by molar-refractivity contribution is 5.69. The quantitative estimate of drug-likeness (QED) is 0.0172. The van der Waals surface area contributed by atoms with Gasteiger partial charge in [-0.15, -0.1) is 0 Å². The Kier molecular flexibility index (Phi) is 41.2. The molecule has 0 aromatic carbocycles. The van der Waals surface area contributed by atoms with Crippen molar-refractivity contribution in [3.63, 3.8) is 0 Å². The molecule has 0 saturated carbocycles. The number of aliphatic hydroxyl groups excluding tert-OH is 7. The van der Waals surface area contributed by atoms with Gasteiger partial charge in [0.25, 0.3) is 0 Å². The van der Waals surface area contributed by atoms with Gasteiger partial charge in [0.2, 0.25) is 0 Å². The highest BCUT2D eigenvalue weighted by Gasteiger charge is 2.47. The molecule has 2 fully saturated rings. The van der Waals surface area contributed by atoms with Gasteiger partial charge in [0, 0.05) is 13.0 Å². The van der Waals surface area contributed by atoms with Gasteiger partial charge < -0.3 is 64.2 Å². The Morgan fingerprint density at radius 1 is 0.466 bits per heavy atom. The number of esters is 1. The van der Waals surface area contributed by atoms with E-state index in [-0.39, 0.29) is 19.6 Å². The van der Waals surface area contributed by atoms with Crippen LogP contribution in [-0.2, 0) is 33.2 Å². The first-order valence-electron chi connectivity index (χ1n) is 28.2. The van der Waals surface area contributed by atoms with Gasteiger partial charge in [-0.05, 0) is 89.9 Å². The Morgan fingerprint density at radius 3 is 1.40 bits per heavy atom. The minimum Gasteiger partial charge on any atom is -0.457 e. The largest absolute Gasteiger partial charge is 0.457 e. The molecule has 0 aliphatic carbocycles. The Labute approximate surface area is 439 Å². The van der Waals surface area contributed by atoms with Crippen molar-refractivity contribution in [3.05, 3.63) is 85.1 Å². The summed E-state index contributed by atoms with van der Waals surface area (Å²) in [6, 6.07) is 0. The number of carbonyl (C=O) groups is 1. The van der Waals surface area contributed by atoms with Gasteiger partial charge in [0.1, 0.15) is 54.9 Å². The topological polar surface area (TPSA) is 214 Å². The van der Waals surface area contributed by atoms with E-state index in [1.54, 1.807) is 0 Å². The number of ether oxygens (including phenoxy) is 6. The molecule has 2 aliphatic heterocycles. The molecule has 2 rings (SSSR count). The van der Waals surface area contributed by atoms with E-state index in [2.05, 4.69) is 98.9 Å². The zero-order chi connectivity index (χ0) is 53.0. The summed E-state index contributed by atoms with van der Waals surface area (Å²) >= 11 is 0. The molecule has 73 heavy (non-hydrogen) atoms. The summed E-state index contributed by atoms with van der Waals surface area (Å²) in [4.78, 5) is 13.1. The van der Waals surface area contributed by atoms with E-state index < -0.39 is 86.7 Å². The molecule has 14 nitrogen and oxygen atoms in total. The predicted molar refractivity (Wildman–Crippen MR) is 288 cm³/mol. The van der Waals surface area contributed by atoms with Crippen LogP contribution in [0.5, 0.6) is 0 Å². The average Bonchev–Trinajstić information content (AvgIpc) is 3.39. The summed E-state index contributed by atoms with van der Waals surface area (Å²) in [7, 11) is 0. The van der Waals surface area contributed by atoms with Crippen LogP contribution in [0.25, 0.3) is 0 Å². The maximum absolute atomic E-state index is 13.1. The van der Waals surface area contributed by atoms with Gasteiger partial charge in [-0.25, -0.2) is 0 Å². The van der Waals surface area contributed by atoms with Crippen LogP contribution in [0.3, 0.4) is 0 Å². The summed E-state index contributed by atoms with van der Waals surface area (Å²) in [5, 5.41) is 72.3. The minimum absolute atomic E-state index is 0.0320. The highest BCUT2D eigenvalue weighted by Crippen LogP contribution is 2.26. The predicted octanol–water partition coefficient (Wildman–Crippen LogP) is 9.63. The third-order valence-electron chi connectivity index (χ3n) is 12.9. The SMILES string of the molecule is CC/C=C\C/C=C\C/C=C\C/C=C\CCCCCOCC(COC1OC(COC2OC(CO)C(O)C(O)C2O)C(O)C(O)C1O)OC(=O)CCCCCCCCCC/C=C\C/C=C\C/C=C\CCCCCCC. The zero-order valence-corrected chi connectivity index (χ0v) is 44.8. The molecule has 2 heterocycles. The van der Waals surface area contributed by atoms with Crippen LogP contribution in [0.4, 0.5) is 0 Å². The summed E-state index contributed by atoms with van der Waals surface area (Å²) in [5.41, 5.74) is 0. The lowest BCUT2D eigenvalue weighted by Gasteiger charge is -2.42. The fourth-order valence-electron chi connectivity index (χ4n) is 8.34. The van der Waals surface area contributed by atoms with Gasteiger partial charge in [0.05, 0.1) is 26.4 Å². The molecule has 11 unspecified atom stereocenters. The Hall–Kier alpha value is -2.83. The Bertz CT molecular complexity index is 1530. The summed E-state index contributed by atoms with van der Waals surface area (Å²) in [6.45, 7) is 3.46. The number of unbranched alkanes of at least 4 members (excludes halogenated alkanes) is 16. The van der Waals surface area contributed by atoms with Crippen LogP contribution in [0.15, 0.2) is 85.1 Å². The minimum atomic E-state index is -1.72. The van der Waals surface area contributed by atoms with Gasteiger partial charge in [-0.2, -0.15) is 0 Å². The van der Waals surface area contributed by atoms with Gasteiger partial charge in [-0.3, -0.25) is 4.79 Å². The second-order valence-electron chi connectivity index (χ2n) is 19.4. The lowest BCUT2D eigenvalue weighted by atomic mass is 9.98.